The van der Waals surface area contributed by atoms with Crippen molar-refractivity contribution in [2.24, 2.45) is 34.1 Å². The molecule has 0 aliphatic heterocycles. The fourth-order valence-corrected chi connectivity index (χ4v) is 29.4. The van der Waals surface area contributed by atoms with Gasteiger partial charge in [0.15, 0.2) is 0 Å². The van der Waals surface area contributed by atoms with E-state index in [0.717, 1.165) is 6.42 Å². The summed E-state index contributed by atoms with van der Waals surface area (Å²) < 4.78 is 15.9. The average molecular weight is 1600 g/mol. The van der Waals surface area contributed by atoms with Gasteiger partial charge >= 0.3 is 631 Å². The van der Waals surface area contributed by atoms with E-state index in [1.165, 1.54) is 112 Å². The van der Waals surface area contributed by atoms with Gasteiger partial charge in [0.2, 0.25) is 0 Å². The van der Waals surface area contributed by atoms with Crippen LogP contribution >= 0.6 is 0 Å². The number of hydrogen-bond acceptors (Lipinski definition) is 0. The van der Waals surface area contributed by atoms with Crippen LogP contribution in [-0.4, -0.2) is 53.1 Å². The molecule has 0 saturated carbocycles. The first kappa shape index (κ1) is 86.3. The number of nitrogens with zero attached hydrogens (tertiary/aromatic N) is 4. The minimum absolute atomic E-state index is 0.163. The second-order valence-electron chi connectivity index (χ2n) is 40.0. The molecule has 0 N–H and O–H groups in total. The van der Waals surface area contributed by atoms with Gasteiger partial charge < -0.3 is 0 Å². The molecule has 8 aromatic rings. The Morgan fingerprint density at radius 3 is 0.820 bits per heavy atom. The van der Waals surface area contributed by atoms with Gasteiger partial charge in [-0.25, -0.2) is 0 Å². The average Bonchev–Trinajstić information content (AvgIpc) is 0.785. The van der Waals surface area contributed by atoms with E-state index >= 15 is 0 Å². The van der Waals surface area contributed by atoms with Crippen LogP contribution in [0.25, 0.3) is 45.0 Å². The van der Waals surface area contributed by atoms with Crippen molar-refractivity contribution in [1.29, 1.82) is 0 Å². The molecule has 0 bridgehead atoms. The van der Waals surface area contributed by atoms with E-state index in [0.29, 0.717) is 11.8 Å². The quantitative estimate of drug-likeness (QED) is 0.0906. The summed E-state index contributed by atoms with van der Waals surface area (Å²) in [6, 6.07) is 37.6. The van der Waals surface area contributed by atoms with Crippen LogP contribution in [0, 0.1) is 40.5 Å². The molecule has 4 nitrogen and oxygen atoms in total. The Morgan fingerprint density at radius 1 is 0.310 bits per heavy atom. The van der Waals surface area contributed by atoms with Crippen LogP contribution in [0.3, 0.4) is 0 Å². The van der Waals surface area contributed by atoms with Crippen molar-refractivity contribution in [3.8, 4) is 45.0 Å². The summed E-state index contributed by atoms with van der Waals surface area (Å²) in [4.78, 5) is 0. The Morgan fingerprint density at radius 2 is 0.580 bits per heavy atom. The van der Waals surface area contributed by atoms with Crippen molar-refractivity contribution in [2.45, 2.75) is 275 Å². The Labute approximate surface area is 625 Å². The fourth-order valence-electron chi connectivity index (χ4n) is 14.0. The van der Waals surface area contributed by atoms with Crippen LogP contribution < -0.4 is 35.9 Å². The van der Waals surface area contributed by atoms with E-state index in [2.05, 4.69) is 404 Å². The number of pyridine rings is 4. The summed E-state index contributed by atoms with van der Waals surface area (Å²) in [6.07, 6.45) is 10.8. The zero-order chi connectivity index (χ0) is 76.7. The molecular weight excluding hydrogens is 1450 g/mol. The van der Waals surface area contributed by atoms with Gasteiger partial charge in [0.1, 0.15) is 0 Å². The van der Waals surface area contributed by atoms with Crippen molar-refractivity contribution in [1.82, 2.24) is 0 Å². The maximum atomic E-state index is 2.50. The molecule has 8 heteroatoms. The summed E-state index contributed by atoms with van der Waals surface area (Å²) in [5.41, 5.74) is 28.7. The van der Waals surface area contributed by atoms with Gasteiger partial charge in [-0.3, -0.25) is 0 Å². The molecular formula is C92H144Ge4N4+4. The van der Waals surface area contributed by atoms with E-state index in [1.54, 1.807) is 17.6 Å². The first-order valence-corrected chi connectivity index (χ1v) is 67.1. The van der Waals surface area contributed by atoms with E-state index in [9.17, 15) is 0 Å². The molecule has 4 aromatic heterocycles. The second-order valence-corrected chi connectivity index (χ2v) is 82.2. The number of aromatic nitrogens is 4. The summed E-state index contributed by atoms with van der Waals surface area (Å²) in [7, 11) is 8.81. The molecule has 4 aromatic carbocycles. The van der Waals surface area contributed by atoms with E-state index in [4.69, 9.17) is 0 Å². The van der Waals surface area contributed by atoms with Gasteiger partial charge in [-0.1, -0.05) is 0 Å². The third-order valence-electron chi connectivity index (χ3n) is 20.0. The van der Waals surface area contributed by atoms with Crippen molar-refractivity contribution in [3.63, 3.8) is 0 Å². The molecule has 0 aliphatic rings. The van der Waals surface area contributed by atoms with Crippen LogP contribution in [0.15, 0.2) is 122 Å². The van der Waals surface area contributed by atoms with Crippen molar-refractivity contribution in [3.05, 3.63) is 189 Å². The van der Waals surface area contributed by atoms with Gasteiger partial charge in [-0.2, -0.15) is 0 Å². The molecule has 0 saturated heterocycles. The molecule has 0 spiro atoms. The third kappa shape index (κ3) is 22.4. The van der Waals surface area contributed by atoms with Crippen LogP contribution in [0.5, 0.6) is 0 Å². The van der Waals surface area contributed by atoms with Crippen LogP contribution in [0.1, 0.15) is 204 Å². The van der Waals surface area contributed by atoms with Crippen molar-refractivity contribution >= 4 is 70.6 Å². The molecule has 100 heavy (non-hydrogen) atoms. The number of hydrogen-bond donors (Lipinski definition) is 0. The number of benzene rings is 4. The third-order valence-corrected chi connectivity index (χ3v) is 36.9. The normalized spacial score (nSPS) is 12.8. The predicted octanol–water partition coefficient (Wildman–Crippen LogP) is 21.2. The SMILES string of the molecule is Cc1cc(C(C)(C)C)ccc1-c1cc(C(C)(C)C)[c]([Ge]([CH3])([CH3])[CH3])c[n+]1C.Cc1cc(C(C)C)ccc1-c1cc(C(C)(C)C)[c]([Ge]([CH3])([CH3])[CH3])c[n+]1C.Cc1cc(CC(C)C)ccc1-c1cc(C(C)(C)C)[c]([Ge]([CH3])([CH3])[CH3])c[n+]1C.Cc1ccc(-c2cc(C(C)(C)C)[c]([Ge]([CH3])([CH3])[CH3])c[n+]2C)c(C)c1. The Hall–Kier alpha value is -4.35. The Kier molecular flexibility index (Phi) is 27.8. The molecule has 0 atom stereocenters. The summed E-state index contributed by atoms with van der Waals surface area (Å²) >= 11 is -7.75. The molecule has 0 fully saturated rings. The van der Waals surface area contributed by atoms with Crippen molar-refractivity contribution in [2.75, 3.05) is 0 Å². The first-order valence-electron chi connectivity index (χ1n) is 37.7. The molecule has 0 radical (unpaired) electrons. The standard InChI is InChI=1S/2C24H38GeN.C23H36GeN.C21H32GeN/c1-17-14-18(23(2,3)4)12-13-19(17)22-15-20(24(5,6)7)21(16-26(22)11)25(8,9)10;1-17(2)13-19-11-12-20(18(3)14-19)23-15-21(24(4,5)6)22(16-26(23)10)25(7,8)9;1-16(2)18-11-12-19(17(3)13-18)22-14-20(23(4,5)6)21(15-25(22)10)24(7,8)9;1-15-10-11-17(16(2)12-15)20-13-18(21(3,4)5)19(14-23(20)9)22(6,7)8/h12-16H,1-11H3;11-12,14-17H,13H2,1-10H3;11-16H,1-10H3;10-14H,1-9H3/q4*+1. The van der Waals surface area contributed by atoms with Gasteiger partial charge in [0.25, 0.3) is 0 Å². The second kappa shape index (κ2) is 32.2. The minimum atomic E-state index is -1.95. The molecule has 0 aliphatic carbocycles. The Balaban J connectivity index is 0.000000241. The van der Waals surface area contributed by atoms with Gasteiger partial charge in [0, 0.05) is 0 Å². The number of rotatable bonds is 11. The van der Waals surface area contributed by atoms with E-state index in [-0.39, 0.29) is 27.1 Å². The number of aryl methyl sites for hydroxylation is 9. The molecule has 0 amide bonds. The van der Waals surface area contributed by atoms with Gasteiger partial charge in [-0.05, 0) is 0 Å². The fraction of sp³-hybridized carbons (Fsp3) is 0.522. The van der Waals surface area contributed by atoms with Crippen LogP contribution in [0.4, 0.5) is 0 Å². The first-order chi connectivity index (χ1) is 45.2. The van der Waals surface area contributed by atoms with Crippen LogP contribution in [-0.2, 0) is 61.7 Å². The Bertz CT molecular complexity index is 4190. The summed E-state index contributed by atoms with van der Waals surface area (Å²) in [5, 5.41) is 0. The van der Waals surface area contributed by atoms with Crippen molar-refractivity contribution < 1.29 is 18.3 Å². The molecule has 544 valence electrons. The summed E-state index contributed by atoms with van der Waals surface area (Å²) in [6.45, 7) is 55.2. The zero-order valence-corrected chi connectivity index (χ0v) is 80.1. The topological polar surface area (TPSA) is 15.5 Å². The monoisotopic (exact) mass is 1600 g/mol. The van der Waals surface area contributed by atoms with E-state index in [1.807, 2.05) is 0 Å². The molecule has 4 heterocycles. The molecule has 0 unspecified atom stereocenters. The zero-order valence-electron chi connectivity index (χ0n) is 71.7. The van der Waals surface area contributed by atoms with E-state index < -0.39 is 53.1 Å². The molecule has 8 rings (SSSR count). The van der Waals surface area contributed by atoms with Gasteiger partial charge in [0.05, 0.1) is 0 Å². The van der Waals surface area contributed by atoms with Crippen LogP contribution in [0.2, 0.25) is 69.1 Å². The predicted molar refractivity (Wildman–Crippen MR) is 454 cm³/mol. The maximum absolute atomic E-state index is 2.50. The summed E-state index contributed by atoms with van der Waals surface area (Å²) in [5.74, 6) is 31.2. The van der Waals surface area contributed by atoms with Gasteiger partial charge in [-0.15, -0.1) is 0 Å².